The molecule has 11 heavy (non-hydrogen) atoms. The van der Waals surface area contributed by atoms with E-state index in [-0.39, 0.29) is 18.4 Å². The second-order valence-electron chi connectivity index (χ2n) is 3.45. The van der Waals surface area contributed by atoms with Crippen LogP contribution in [0.15, 0.2) is 0 Å². The van der Waals surface area contributed by atoms with Crippen molar-refractivity contribution in [2.75, 3.05) is 6.50 Å². The first-order valence-electron chi connectivity index (χ1n) is 4.63. The SMILES string of the molecule is [2H]C([2H])(CCC(=O)O)NC(C)(C)C. The molecule has 0 aromatic carbocycles. The van der Waals surface area contributed by atoms with Gasteiger partial charge in [0.15, 0.2) is 0 Å². The Balaban J connectivity index is 4.01. The molecule has 0 saturated carbocycles. The maximum atomic E-state index is 10.2. The van der Waals surface area contributed by atoms with Crippen molar-refractivity contribution in [1.82, 2.24) is 5.32 Å². The molecule has 3 heteroatoms. The molecule has 0 aliphatic carbocycles. The van der Waals surface area contributed by atoms with E-state index in [0.717, 1.165) is 0 Å². The maximum Gasteiger partial charge on any atom is 0.303 e. The molecule has 0 fully saturated rings. The van der Waals surface area contributed by atoms with Crippen molar-refractivity contribution in [3.05, 3.63) is 0 Å². The Bertz CT molecular complexity index is 187. The third-order valence-corrected chi connectivity index (χ3v) is 0.927. The van der Waals surface area contributed by atoms with E-state index in [2.05, 4.69) is 5.32 Å². The molecule has 0 rings (SSSR count). The van der Waals surface area contributed by atoms with Gasteiger partial charge in [-0.2, -0.15) is 0 Å². The van der Waals surface area contributed by atoms with Gasteiger partial charge in [0.05, 0.1) is 0 Å². The molecular weight excluding hydrogens is 142 g/mol. The van der Waals surface area contributed by atoms with Crippen LogP contribution in [0.25, 0.3) is 0 Å². The van der Waals surface area contributed by atoms with Gasteiger partial charge in [-0.15, -0.1) is 0 Å². The summed E-state index contributed by atoms with van der Waals surface area (Å²) in [7, 11) is 0. The third-order valence-electron chi connectivity index (χ3n) is 0.927. The van der Waals surface area contributed by atoms with Gasteiger partial charge in [0.1, 0.15) is 0 Å². The van der Waals surface area contributed by atoms with Gasteiger partial charge in [0.2, 0.25) is 0 Å². The van der Waals surface area contributed by atoms with Gasteiger partial charge in [-0.05, 0) is 33.7 Å². The zero-order chi connectivity index (χ0) is 10.7. The molecule has 0 atom stereocenters. The summed E-state index contributed by atoms with van der Waals surface area (Å²) in [4.78, 5) is 10.2. The average Bonchev–Trinajstić information content (AvgIpc) is 1.78. The molecule has 0 aliphatic heterocycles. The first kappa shape index (κ1) is 7.10. The predicted molar refractivity (Wildman–Crippen MR) is 44.6 cm³/mol. The van der Waals surface area contributed by atoms with E-state index in [1.165, 1.54) is 0 Å². The Morgan fingerprint density at radius 3 is 2.55 bits per heavy atom. The normalized spacial score (nSPS) is 15.5. The Morgan fingerprint density at radius 1 is 1.64 bits per heavy atom. The lowest BCUT2D eigenvalue weighted by atomic mass is 10.1. The molecule has 0 aromatic heterocycles. The number of carbonyl (C=O) groups is 1. The Hall–Kier alpha value is -0.570. The van der Waals surface area contributed by atoms with Gasteiger partial charge in [-0.25, -0.2) is 0 Å². The molecule has 0 aromatic rings. The van der Waals surface area contributed by atoms with Crippen molar-refractivity contribution in [3.8, 4) is 0 Å². The molecule has 0 saturated heterocycles. The van der Waals surface area contributed by atoms with Gasteiger partial charge < -0.3 is 10.4 Å². The highest BCUT2D eigenvalue weighted by atomic mass is 16.4. The van der Waals surface area contributed by atoms with Crippen LogP contribution < -0.4 is 5.32 Å². The largest absolute Gasteiger partial charge is 0.481 e. The van der Waals surface area contributed by atoms with Crippen LogP contribution in [0.5, 0.6) is 0 Å². The fourth-order valence-corrected chi connectivity index (χ4v) is 0.497. The number of carboxylic acid groups (broad SMARTS) is 1. The van der Waals surface area contributed by atoms with E-state index in [4.69, 9.17) is 7.85 Å². The molecule has 0 radical (unpaired) electrons. The Kier molecular flexibility index (Phi) is 2.80. The van der Waals surface area contributed by atoms with Crippen molar-refractivity contribution in [2.45, 2.75) is 39.2 Å². The first-order chi connectivity index (χ1) is 5.62. The number of hydrogen-bond donors (Lipinski definition) is 2. The molecule has 0 amide bonds. The summed E-state index contributed by atoms with van der Waals surface area (Å²) in [6.07, 6.45) is -0.171. The lowest BCUT2D eigenvalue weighted by Gasteiger charge is -2.19. The van der Waals surface area contributed by atoms with E-state index in [1.54, 1.807) is 0 Å². The molecule has 0 heterocycles. The number of rotatable bonds is 4. The minimum atomic E-state index is -1.61. The van der Waals surface area contributed by atoms with Gasteiger partial charge in [0, 0.05) is 14.7 Å². The third kappa shape index (κ3) is 9.43. The summed E-state index contributed by atoms with van der Waals surface area (Å²) in [5.74, 6) is -0.973. The molecule has 0 aliphatic rings. The van der Waals surface area contributed by atoms with E-state index < -0.39 is 12.5 Å². The maximum absolute atomic E-state index is 10.2. The quantitative estimate of drug-likeness (QED) is 0.652. The van der Waals surface area contributed by atoms with Crippen molar-refractivity contribution >= 4 is 5.97 Å². The molecule has 0 spiro atoms. The van der Waals surface area contributed by atoms with Gasteiger partial charge in [-0.3, -0.25) is 4.79 Å². The number of nitrogens with one attached hydrogen (secondary N) is 1. The lowest BCUT2D eigenvalue weighted by molar-refractivity contribution is -0.137. The van der Waals surface area contributed by atoms with E-state index in [1.807, 2.05) is 20.8 Å². The highest BCUT2D eigenvalue weighted by molar-refractivity contribution is 5.66. The monoisotopic (exact) mass is 161 g/mol. The molecule has 3 nitrogen and oxygen atoms in total. The highest BCUT2D eigenvalue weighted by Gasteiger charge is 2.07. The zero-order valence-electron chi connectivity index (χ0n) is 9.27. The van der Waals surface area contributed by atoms with Crippen LogP contribution in [0.4, 0.5) is 0 Å². The van der Waals surface area contributed by atoms with Crippen LogP contribution in [0.1, 0.15) is 36.4 Å². The second kappa shape index (κ2) is 4.34. The van der Waals surface area contributed by atoms with Crippen molar-refractivity contribution < 1.29 is 12.6 Å². The first-order valence-corrected chi connectivity index (χ1v) is 3.63. The fourth-order valence-electron chi connectivity index (χ4n) is 0.497. The van der Waals surface area contributed by atoms with Crippen LogP contribution in [0.2, 0.25) is 0 Å². The number of aliphatic carboxylic acids is 1. The van der Waals surface area contributed by atoms with Crippen LogP contribution in [-0.2, 0) is 4.79 Å². The van der Waals surface area contributed by atoms with Gasteiger partial charge >= 0.3 is 5.97 Å². The summed E-state index contributed by atoms with van der Waals surface area (Å²) in [6, 6.07) is 0. The number of hydrogen-bond acceptors (Lipinski definition) is 2. The summed E-state index contributed by atoms with van der Waals surface area (Å²) in [5, 5.41) is 11.1. The Labute approximate surface area is 70.6 Å². The standard InChI is InChI=1S/C8H17NO2/c1-8(2,3)9-6-4-5-7(10)11/h9H,4-6H2,1-3H3,(H,10,11)/i6D2. The van der Waals surface area contributed by atoms with Crippen molar-refractivity contribution in [2.24, 2.45) is 0 Å². The molecule has 66 valence electrons. The Morgan fingerprint density at radius 2 is 2.18 bits per heavy atom. The topological polar surface area (TPSA) is 49.3 Å². The minimum Gasteiger partial charge on any atom is -0.481 e. The van der Waals surface area contributed by atoms with E-state index in [0.29, 0.717) is 0 Å². The van der Waals surface area contributed by atoms with Crippen LogP contribution in [0.3, 0.4) is 0 Å². The van der Waals surface area contributed by atoms with Crippen LogP contribution in [0, 0.1) is 0 Å². The summed E-state index contributed by atoms with van der Waals surface area (Å²) >= 11 is 0. The fraction of sp³-hybridized carbons (Fsp3) is 0.875. The van der Waals surface area contributed by atoms with Gasteiger partial charge in [-0.1, -0.05) is 0 Å². The second-order valence-corrected chi connectivity index (χ2v) is 3.45. The highest BCUT2D eigenvalue weighted by Crippen LogP contribution is 1.98. The predicted octanol–water partition coefficient (Wildman–Crippen LogP) is 1.24. The van der Waals surface area contributed by atoms with Crippen molar-refractivity contribution in [1.29, 1.82) is 0 Å². The van der Waals surface area contributed by atoms with Crippen LogP contribution in [-0.4, -0.2) is 23.1 Å². The molecular formula is C8H17NO2. The van der Waals surface area contributed by atoms with Crippen molar-refractivity contribution in [3.63, 3.8) is 0 Å². The zero-order valence-corrected chi connectivity index (χ0v) is 7.27. The number of carboxylic acids is 1. The molecule has 0 bridgehead atoms. The molecule has 2 N–H and O–H groups in total. The van der Waals surface area contributed by atoms with Gasteiger partial charge in [0.25, 0.3) is 0 Å². The summed E-state index contributed by atoms with van der Waals surface area (Å²) in [6.45, 7) is 3.90. The molecule has 0 unspecified atom stereocenters. The average molecular weight is 161 g/mol. The van der Waals surface area contributed by atoms with Crippen LogP contribution >= 0.6 is 0 Å². The summed E-state index contributed by atoms with van der Waals surface area (Å²) in [5.41, 5.74) is -0.345. The smallest absolute Gasteiger partial charge is 0.303 e. The van der Waals surface area contributed by atoms with E-state index >= 15 is 0 Å². The lowest BCUT2D eigenvalue weighted by Crippen LogP contribution is -2.36. The minimum absolute atomic E-state index is 0.0143. The van der Waals surface area contributed by atoms with E-state index in [9.17, 15) is 4.79 Å². The summed E-state index contributed by atoms with van der Waals surface area (Å²) < 4.78 is 14.9.